The van der Waals surface area contributed by atoms with E-state index in [2.05, 4.69) is 25.2 Å². The molecule has 0 aliphatic heterocycles. The molecule has 1 aliphatic rings. The molecule has 0 saturated heterocycles. The molecule has 112 valence electrons. The van der Waals surface area contributed by atoms with E-state index in [9.17, 15) is 5.11 Å². The van der Waals surface area contributed by atoms with Gasteiger partial charge in [-0.15, -0.1) is 0 Å². The van der Waals surface area contributed by atoms with Gasteiger partial charge in [0.25, 0.3) is 0 Å². The molecule has 2 N–H and O–H groups in total. The SMILES string of the molecule is CC(O)c1ccccc1NC1CCCC(C(C)C)CC1. The van der Waals surface area contributed by atoms with Gasteiger partial charge in [-0.2, -0.15) is 0 Å². The molecule has 1 fully saturated rings. The van der Waals surface area contributed by atoms with Gasteiger partial charge in [0.05, 0.1) is 6.10 Å². The molecule has 20 heavy (non-hydrogen) atoms. The summed E-state index contributed by atoms with van der Waals surface area (Å²) < 4.78 is 0. The summed E-state index contributed by atoms with van der Waals surface area (Å²) in [4.78, 5) is 0. The van der Waals surface area contributed by atoms with Crippen LogP contribution in [0.1, 0.15) is 64.5 Å². The monoisotopic (exact) mass is 275 g/mol. The molecule has 1 aromatic carbocycles. The zero-order chi connectivity index (χ0) is 14.5. The van der Waals surface area contributed by atoms with Gasteiger partial charge in [0.1, 0.15) is 0 Å². The van der Waals surface area contributed by atoms with Gasteiger partial charge < -0.3 is 10.4 Å². The largest absolute Gasteiger partial charge is 0.389 e. The molecule has 3 atom stereocenters. The van der Waals surface area contributed by atoms with Crippen molar-refractivity contribution in [3.63, 3.8) is 0 Å². The van der Waals surface area contributed by atoms with Crippen LogP contribution in [-0.4, -0.2) is 11.1 Å². The van der Waals surface area contributed by atoms with Gasteiger partial charge >= 0.3 is 0 Å². The number of hydrogen-bond acceptors (Lipinski definition) is 2. The Labute approximate surface area is 123 Å². The van der Waals surface area contributed by atoms with Crippen LogP contribution in [0.4, 0.5) is 5.69 Å². The standard InChI is InChI=1S/C18H29NO/c1-13(2)15-7-6-8-16(12-11-15)19-18-10-5-4-9-17(18)14(3)20/h4-5,9-10,13-16,19-20H,6-8,11-12H2,1-3H3. The second kappa shape index (κ2) is 7.12. The average Bonchev–Trinajstić information content (AvgIpc) is 2.65. The van der Waals surface area contributed by atoms with Gasteiger partial charge in [-0.25, -0.2) is 0 Å². The zero-order valence-corrected chi connectivity index (χ0v) is 13.1. The Morgan fingerprint density at radius 3 is 2.50 bits per heavy atom. The van der Waals surface area contributed by atoms with Crippen LogP contribution < -0.4 is 5.32 Å². The fourth-order valence-electron chi connectivity index (χ4n) is 3.35. The number of para-hydroxylation sites is 1. The van der Waals surface area contributed by atoms with Crippen LogP contribution in [0.3, 0.4) is 0 Å². The molecule has 1 aliphatic carbocycles. The first-order valence-electron chi connectivity index (χ1n) is 8.11. The van der Waals surface area contributed by atoms with Crippen molar-refractivity contribution in [2.75, 3.05) is 5.32 Å². The lowest BCUT2D eigenvalue weighted by atomic mass is 9.89. The van der Waals surface area contributed by atoms with Gasteiger partial charge in [0, 0.05) is 17.3 Å². The molecular formula is C18H29NO. The number of aliphatic hydroxyl groups excluding tert-OH is 1. The maximum absolute atomic E-state index is 9.86. The molecule has 2 heteroatoms. The molecule has 0 radical (unpaired) electrons. The maximum atomic E-state index is 9.86. The molecule has 0 amide bonds. The van der Waals surface area contributed by atoms with E-state index in [-0.39, 0.29) is 0 Å². The summed E-state index contributed by atoms with van der Waals surface area (Å²) in [6.07, 6.45) is 6.10. The highest BCUT2D eigenvalue weighted by Crippen LogP contribution is 2.31. The van der Waals surface area contributed by atoms with E-state index in [0.717, 1.165) is 23.1 Å². The normalized spacial score (nSPS) is 25.2. The minimum Gasteiger partial charge on any atom is -0.389 e. The van der Waals surface area contributed by atoms with Crippen LogP contribution in [0.15, 0.2) is 24.3 Å². The van der Waals surface area contributed by atoms with Crippen molar-refractivity contribution in [1.82, 2.24) is 0 Å². The Bertz CT molecular complexity index is 414. The van der Waals surface area contributed by atoms with E-state index in [1.165, 1.54) is 32.1 Å². The van der Waals surface area contributed by atoms with Crippen molar-refractivity contribution in [3.05, 3.63) is 29.8 Å². The number of rotatable bonds is 4. The van der Waals surface area contributed by atoms with Gasteiger partial charge in [0.2, 0.25) is 0 Å². The first kappa shape index (κ1) is 15.4. The zero-order valence-electron chi connectivity index (χ0n) is 13.1. The van der Waals surface area contributed by atoms with Gasteiger partial charge in [-0.1, -0.05) is 44.9 Å². The first-order valence-corrected chi connectivity index (χ1v) is 8.11. The van der Waals surface area contributed by atoms with Crippen molar-refractivity contribution in [3.8, 4) is 0 Å². The summed E-state index contributed by atoms with van der Waals surface area (Å²) in [6.45, 7) is 6.53. The van der Waals surface area contributed by atoms with E-state index in [1.807, 2.05) is 25.1 Å². The van der Waals surface area contributed by atoms with Crippen LogP contribution in [0.2, 0.25) is 0 Å². The quantitative estimate of drug-likeness (QED) is 0.777. The van der Waals surface area contributed by atoms with Gasteiger partial charge in [0.15, 0.2) is 0 Å². The Balaban J connectivity index is 2.00. The highest BCUT2D eigenvalue weighted by molar-refractivity contribution is 5.52. The minimum absolute atomic E-state index is 0.409. The van der Waals surface area contributed by atoms with E-state index < -0.39 is 6.10 Å². The Morgan fingerprint density at radius 2 is 1.80 bits per heavy atom. The number of anilines is 1. The third kappa shape index (κ3) is 3.99. The second-order valence-electron chi connectivity index (χ2n) is 6.62. The molecule has 0 bridgehead atoms. The van der Waals surface area contributed by atoms with Crippen molar-refractivity contribution >= 4 is 5.69 Å². The van der Waals surface area contributed by atoms with Crippen molar-refractivity contribution < 1.29 is 5.11 Å². The highest BCUT2D eigenvalue weighted by Gasteiger charge is 2.21. The lowest BCUT2D eigenvalue weighted by molar-refractivity contribution is 0.200. The lowest BCUT2D eigenvalue weighted by Crippen LogP contribution is -2.20. The van der Waals surface area contributed by atoms with Crippen LogP contribution in [-0.2, 0) is 0 Å². The molecular weight excluding hydrogens is 246 g/mol. The molecule has 0 heterocycles. The summed E-state index contributed by atoms with van der Waals surface area (Å²) in [5.41, 5.74) is 2.12. The van der Waals surface area contributed by atoms with Gasteiger partial charge in [-0.3, -0.25) is 0 Å². The molecule has 0 aromatic heterocycles. The van der Waals surface area contributed by atoms with Crippen molar-refractivity contribution in [2.45, 2.75) is 65.0 Å². The summed E-state index contributed by atoms with van der Waals surface area (Å²) in [7, 11) is 0. The molecule has 2 nitrogen and oxygen atoms in total. The van der Waals surface area contributed by atoms with E-state index >= 15 is 0 Å². The third-order valence-corrected chi connectivity index (χ3v) is 4.73. The Morgan fingerprint density at radius 1 is 1.05 bits per heavy atom. The third-order valence-electron chi connectivity index (χ3n) is 4.73. The molecule has 1 aromatic rings. The smallest absolute Gasteiger partial charge is 0.0781 e. The Hall–Kier alpha value is -1.02. The number of hydrogen-bond donors (Lipinski definition) is 2. The molecule has 1 saturated carbocycles. The summed E-state index contributed by atoms with van der Waals surface area (Å²) in [5, 5.41) is 13.5. The second-order valence-corrected chi connectivity index (χ2v) is 6.62. The van der Waals surface area contributed by atoms with Crippen LogP contribution in [0.5, 0.6) is 0 Å². The fourth-order valence-corrected chi connectivity index (χ4v) is 3.35. The van der Waals surface area contributed by atoms with E-state index in [0.29, 0.717) is 6.04 Å². The first-order chi connectivity index (χ1) is 9.58. The minimum atomic E-state index is -0.409. The lowest BCUT2D eigenvalue weighted by Gasteiger charge is -2.22. The van der Waals surface area contributed by atoms with Gasteiger partial charge in [-0.05, 0) is 44.1 Å². The summed E-state index contributed by atoms with van der Waals surface area (Å²) in [6, 6.07) is 8.70. The van der Waals surface area contributed by atoms with E-state index in [4.69, 9.17) is 0 Å². The van der Waals surface area contributed by atoms with Crippen molar-refractivity contribution in [2.24, 2.45) is 11.8 Å². The predicted octanol–water partition coefficient (Wildman–Crippen LogP) is 4.76. The number of nitrogens with one attached hydrogen (secondary N) is 1. The fraction of sp³-hybridized carbons (Fsp3) is 0.667. The average molecular weight is 275 g/mol. The molecule has 0 spiro atoms. The number of aliphatic hydroxyl groups is 1. The van der Waals surface area contributed by atoms with Crippen molar-refractivity contribution in [1.29, 1.82) is 0 Å². The van der Waals surface area contributed by atoms with Crippen LogP contribution in [0.25, 0.3) is 0 Å². The van der Waals surface area contributed by atoms with Crippen LogP contribution >= 0.6 is 0 Å². The number of benzene rings is 1. The topological polar surface area (TPSA) is 32.3 Å². The highest BCUT2D eigenvalue weighted by atomic mass is 16.3. The predicted molar refractivity (Wildman–Crippen MR) is 85.9 cm³/mol. The van der Waals surface area contributed by atoms with Crippen LogP contribution in [0, 0.1) is 11.8 Å². The molecule has 3 unspecified atom stereocenters. The summed E-state index contributed by atoms with van der Waals surface area (Å²) >= 11 is 0. The summed E-state index contributed by atoms with van der Waals surface area (Å²) in [5.74, 6) is 1.69. The maximum Gasteiger partial charge on any atom is 0.0781 e. The van der Waals surface area contributed by atoms with E-state index in [1.54, 1.807) is 0 Å². The Kier molecular flexibility index (Phi) is 5.47. The molecule has 2 rings (SSSR count).